The third kappa shape index (κ3) is 2.81. The van der Waals surface area contributed by atoms with Gasteiger partial charge in [0.05, 0.1) is 5.60 Å². The molecule has 0 spiro atoms. The van der Waals surface area contributed by atoms with Crippen LogP contribution in [0, 0.1) is 17.8 Å². The zero-order chi connectivity index (χ0) is 11.6. The second-order valence-corrected chi connectivity index (χ2v) is 5.54. The molecule has 1 rings (SSSR count). The maximum atomic E-state index is 11.2. The quantitative estimate of drug-likeness (QED) is 0.781. The summed E-state index contributed by atoms with van der Waals surface area (Å²) >= 11 is 0. The molecule has 0 aliphatic heterocycles. The Morgan fingerprint density at radius 3 is 2.07 bits per heavy atom. The molecule has 0 aromatic carbocycles. The normalized spacial score (nSPS) is 31.3. The Labute approximate surface area is 93.1 Å². The van der Waals surface area contributed by atoms with Gasteiger partial charge < -0.3 is 5.11 Å². The van der Waals surface area contributed by atoms with Crippen molar-refractivity contribution in [2.24, 2.45) is 17.8 Å². The molecule has 2 heteroatoms. The molecule has 1 aliphatic carbocycles. The lowest BCUT2D eigenvalue weighted by atomic mass is 9.69. The summed E-state index contributed by atoms with van der Waals surface area (Å²) in [7, 11) is 0. The first-order chi connectivity index (χ1) is 6.85. The average Bonchev–Trinajstić information content (AvgIpc) is 2.17. The Bertz CT molecular complexity index is 223. The van der Waals surface area contributed by atoms with Crippen molar-refractivity contribution in [3.63, 3.8) is 0 Å². The van der Waals surface area contributed by atoms with E-state index >= 15 is 0 Å². The van der Waals surface area contributed by atoms with Gasteiger partial charge in [0.2, 0.25) is 0 Å². The SMILES string of the molecule is CC(=O)[C@H]1CC[C@H]([C@](C)(O)C(C)C)CC1. The average molecular weight is 212 g/mol. The van der Waals surface area contributed by atoms with Gasteiger partial charge >= 0.3 is 0 Å². The molecule has 0 unspecified atom stereocenters. The summed E-state index contributed by atoms with van der Waals surface area (Å²) in [6, 6.07) is 0. The van der Waals surface area contributed by atoms with Crippen LogP contribution in [0.3, 0.4) is 0 Å². The van der Waals surface area contributed by atoms with Crippen LogP contribution in [0.1, 0.15) is 53.4 Å². The predicted molar refractivity (Wildman–Crippen MR) is 61.6 cm³/mol. The summed E-state index contributed by atoms with van der Waals surface area (Å²) in [5.41, 5.74) is -0.568. The maximum absolute atomic E-state index is 11.2. The molecule has 1 aliphatic rings. The largest absolute Gasteiger partial charge is 0.390 e. The van der Waals surface area contributed by atoms with Gasteiger partial charge in [-0.25, -0.2) is 0 Å². The lowest BCUT2D eigenvalue weighted by molar-refractivity contribution is -0.123. The third-order valence-electron chi connectivity index (χ3n) is 4.30. The highest BCUT2D eigenvalue weighted by Gasteiger charge is 2.37. The van der Waals surface area contributed by atoms with Gasteiger partial charge in [0.15, 0.2) is 0 Å². The van der Waals surface area contributed by atoms with E-state index in [-0.39, 0.29) is 11.8 Å². The van der Waals surface area contributed by atoms with Gasteiger partial charge in [0.1, 0.15) is 5.78 Å². The molecule has 15 heavy (non-hydrogen) atoms. The lowest BCUT2D eigenvalue weighted by Gasteiger charge is -2.40. The fourth-order valence-electron chi connectivity index (χ4n) is 2.56. The van der Waals surface area contributed by atoms with E-state index in [1.165, 1.54) is 0 Å². The first kappa shape index (κ1) is 12.7. The molecular weight excluding hydrogens is 188 g/mol. The van der Waals surface area contributed by atoms with Crippen LogP contribution < -0.4 is 0 Å². The van der Waals surface area contributed by atoms with Crippen molar-refractivity contribution in [1.82, 2.24) is 0 Å². The van der Waals surface area contributed by atoms with Gasteiger partial charge in [-0.3, -0.25) is 4.79 Å². The molecule has 0 saturated heterocycles. The fraction of sp³-hybridized carbons (Fsp3) is 0.923. The number of aliphatic hydroxyl groups is 1. The summed E-state index contributed by atoms with van der Waals surface area (Å²) in [5.74, 6) is 1.23. The molecule has 0 aromatic heterocycles. The molecule has 2 nitrogen and oxygen atoms in total. The second-order valence-electron chi connectivity index (χ2n) is 5.54. The number of ketones is 1. The van der Waals surface area contributed by atoms with Gasteiger partial charge in [0, 0.05) is 5.92 Å². The van der Waals surface area contributed by atoms with Crippen LogP contribution in [0.4, 0.5) is 0 Å². The Balaban J connectivity index is 2.54. The molecular formula is C13H24O2. The molecule has 1 fully saturated rings. The van der Waals surface area contributed by atoms with E-state index in [4.69, 9.17) is 0 Å². The molecule has 0 amide bonds. The van der Waals surface area contributed by atoms with E-state index < -0.39 is 5.60 Å². The molecule has 1 atom stereocenters. The first-order valence-corrected chi connectivity index (χ1v) is 6.08. The Morgan fingerprint density at radius 2 is 1.73 bits per heavy atom. The summed E-state index contributed by atoms with van der Waals surface area (Å²) in [6.07, 6.45) is 3.91. The summed E-state index contributed by atoms with van der Waals surface area (Å²) < 4.78 is 0. The highest BCUT2D eigenvalue weighted by molar-refractivity contribution is 5.78. The van der Waals surface area contributed by atoms with Crippen LogP contribution in [-0.4, -0.2) is 16.5 Å². The number of Topliss-reactive ketones (excluding diaryl/α,β-unsaturated/α-hetero) is 1. The van der Waals surface area contributed by atoms with Crippen molar-refractivity contribution in [1.29, 1.82) is 0 Å². The Morgan fingerprint density at radius 1 is 1.27 bits per heavy atom. The van der Waals surface area contributed by atoms with Gasteiger partial charge in [-0.1, -0.05) is 13.8 Å². The molecule has 0 bridgehead atoms. The fourth-order valence-corrected chi connectivity index (χ4v) is 2.56. The number of hydrogen-bond donors (Lipinski definition) is 1. The molecule has 0 radical (unpaired) electrons. The number of rotatable bonds is 3. The minimum Gasteiger partial charge on any atom is -0.390 e. The smallest absolute Gasteiger partial charge is 0.132 e. The van der Waals surface area contributed by atoms with Crippen molar-refractivity contribution in [3.8, 4) is 0 Å². The first-order valence-electron chi connectivity index (χ1n) is 6.08. The van der Waals surface area contributed by atoms with E-state index in [9.17, 15) is 9.90 Å². The highest BCUT2D eigenvalue weighted by Crippen LogP contribution is 2.39. The number of carbonyl (C=O) groups is 1. The lowest BCUT2D eigenvalue weighted by Crippen LogP contribution is -2.42. The molecule has 1 saturated carbocycles. The number of hydrogen-bond acceptors (Lipinski definition) is 2. The Hall–Kier alpha value is -0.370. The van der Waals surface area contributed by atoms with Crippen LogP contribution in [0.15, 0.2) is 0 Å². The highest BCUT2D eigenvalue weighted by atomic mass is 16.3. The van der Waals surface area contributed by atoms with Gasteiger partial charge in [-0.15, -0.1) is 0 Å². The monoisotopic (exact) mass is 212 g/mol. The predicted octanol–water partition coefficient (Wildman–Crippen LogP) is 2.79. The van der Waals surface area contributed by atoms with E-state index in [0.717, 1.165) is 25.7 Å². The van der Waals surface area contributed by atoms with E-state index in [0.29, 0.717) is 11.7 Å². The zero-order valence-electron chi connectivity index (χ0n) is 10.4. The molecule has 0 heterocycles. The van der Waals surface area contributed by atoms with Crippen LogP contribution in [0.5, 0.6) is 0 Å². The zero-order valence-corrected chi connectivity index (χ0v) is 10.4. The van der Waals surface area contributed by atoms with E-state index in [1.807, 2.05) is 6.92 Å². The second kappa shape index (κ2) is 4.65. The topological polar surface area (TPSA) is 37.3 Å². The molecule has 0 aromatic rings. The van der Waals surface area contributed by atoms with Crippen LogP contribution in [0.25, 0.3) is 0 Å². The van der Waals surface area contributed by atoms with Crippen molar-refractivity contribution >= 4 is 5.78 Å². The van der Waals surface area contributed by atoms with Crippen LogP contribution in [-0.2, 0) is 4.79 Å². The minimum atomic E-state index is -0.568. The number of carbonyl (C=O) groups excluding carboxylic acids is 1. The summed E-state index contributed by atoms with van der Waals surface area (Å²) in [6.45, 7) is 7.76. The van der Waals surface area contributed by atoms with Crippen molar-refractivity contribution in [2.75, 3.05) is 0 Å². The van der Waals surface area contributed by atoms with Crippen LogP contribution >= 0.6 is 0 Å². The van der Waals surface area contributed by atoms with Gasteiger partial charge in [-0.2, -0.15) is 0 Å². The van der Waals surface area contributed by atoms with Crippen molar-refractivity contribution in [2.45, 2.75) is 59.0 Å². The molecule has 1 N–H and O–H groups in total. The van der Waals surface area contributed by atoms with Crippen molar-refractivity contribution in [3.05, 3.63) is 0 Å². The Kier molecular flexibility index (Phi) is 3.93. The standard InChI is InChI=1S/C13H24O2/c1-9(2)13(4,15)12-7-5-11(6-8-12)10(3)14/h9,11-12,15H,5-8H2,1-4H3/t11-,12-,13-/m1/s1. The van der Waals surface area contributed by atoms with Gasteiger partial charge in [-0.05, 0) is 51.4 Å². The summed E-state index contributed by atoms with van der Waals surface area (Å²) in [5, 5.41) is 10.4. The maximum Gasteiger partial charge on any atom is 0.132 e. The van der Waals surface area contributed by atoms with Crippen molar-refractivity contribution < 1.29 is 9.90 Å². The molecule has 88 valence electrons. The van der Waals surface area contributed by atoms with Crippen LogP contribution in [0.2, 0.25) is 0 Å². The summed E-state index contributed by atoms with van der Waals surface area (Å²) in [4.78, 5) is 11.2. The van der Waals surface area contributed by atoms with Gasteiger partial charge in [0.25, 0.3) is 0 Å². The minimum absolute atomic E-state index is 0.254. The van der Waals surface area contributed by atoms with E-state index in [2.05, 4.69) is 13.8 Å². The van der Waals surface area contributed by atoms with E-state index in [1.54, 1.807) is 6.92 Å². The third-order valence-corrected chi connectivity index (χ3v) is 4.30.